The molecule has 0 aromatic carbocycles. The largest absolute Gasteiger partial charge is 0.393 e. The Bertz CT molecular complexity index is 305. The highest BCUT2D eigenvalue weighted by Crippen LogP contribution is 2.19. The quantitative estimate of drug-likeness (QED) is 0.660. The Balaban J connectivity index is 2.49. The van der Waals surface area contributed by atoms with E-state index in [-0.39, 0.29) is 17.8 Å². The molecule has 0 spiro atoms. The third-order valence-corrected chi connectivity index (χ3v) is 5.00. The van der Waals surface area contributed by atoms with Crippen LogP contribution in [0.3, 0.4) is 0 Å². The van der Waals surface area contributed by atoms with Crippen LogP contribution in [0.2, 0.25) is 0 Å². The molecule has 1 saturated heterocycles. The third-order valence-electron chi connectivity index (χ3n) is 3.07. The number of nitrogens with zero attached hydrogens (tertiary/aromatic N) is 1. The van der Waals surface area contributed by atoms with Crippen molar-refractivity contribution in [2.75, 3.05) is 25.4 Å². The van der Waals surface area contributed by atoms with Crippen LogP contribution in [0.25, 0.3) is 0 Å². The fourth-order valence-corrected chi connectivity index (χ4v) is 3.58. The first-order valence-corrected chi connectivity index (χ1v) is 7.44. The summed E-state index contributed by atoms with van der Waals surface area (Å²) in [6.07, 6.45) is 1.53. The lowest BCUT2D eigenvalue weighted by Crippen LogP contribution is -2.45. The van der Waals surface area contributed by atoms with Gasteiger partial charge in [-0.1, -0.05) is 6.92 Å². The molecule has 3 N–H and O–H groups in total. The molecule has 0 amide bonds. The molecule has 1 fully saturated rings. The van der Waals surface area contributed by atoms with Crippen LogP contribution < -0.4 is 5.73 Å². The van der Waals surface area contributed by atoms with Crippen LogP contribution in [-0.2, 0) is 10.0 Å². The standard InChI is InChI=1S/C10H22N2O3S/c1-9-8-12(6-4-10(9)13)16(14,15)7-3-2-5-11/h9-10,13H,2-8,11H2,1H3. The number of hydrogen-bond acceptors (Lipinski definition) is 4. The topological polar surface area (TPSA) is 83.6 Å². The zero-order valence-corrected chi connectivity index (χ0v) is 10.6. The Labute approximate surface area is 97.7 Å². The molecule has 16 heavy (non-hydrogen) atoms. The van der Waals surface area contributed by atoms with Gasteiger partial charge < -0.3 is 10.8 Å². The molecule has 0 aromatic rings. The van der Waals surface area contributed by atoms with E-state index in [1.807, 2.05) is 6.92 Å². The fraction of sp³-hybridized carbons (Fsp3) is 1.00. The maximum atomic E-state index is 11.9. The molecular formula is C10H22N2O3S. The van der Waals surface area contributed by atoms with Crippen LogP contribution in [0, 0.1) is 5.92 Å². The number of nitrogens with two attached hydrogens (primary N) is 1. The molecule has 1 aliphatic heterocycles. The molecule has 0 aliphatic carbocycles. The normalized spacial score (nSPS) is 28.2. The summed E-state index contributed by atoms with van der Waals surface area (Å²) in [6.45, 7) is 3.29. The van der Waals surface area contributed by atoms with Gasteiger partial charge in [0, 0.05) is 13.1 Å². The van der Waals surface area contributed by atoms with Crippen LogP contribution in [0.5, 0.6) is 0 Å². The number of rotatable bonds is 5. The van der Waals surface area contributed by atoms with Gasteiger partial charge in [0.05, 0.1) is 11.9 Å². The summed E-state index contributed by atoms with van der Waals surface area (Å²) in [7, 11) is -3.15. The maximum Gasteiger partial charge on any atom is 0.214 e. The Morgan fingerprint density at radius 2 is 2.12 bits per heavy atom. The highest BCUT2D eigenvalue weighted by molar-refractivity contribution is 7.89. The second-order valence-electron chi connectivity index (χ2n) is 4.50. The van der Waals surface area contributed by atoms with Crippen LogP contribution in [0.1, 0.15) is 26.2 Å². The molecule has 1 aliphatic rings. The first kappa shape index (κ1) is 13.9. The number of piperidine rings is 1. The predicted octanol–water partition coefficient (Wildman–Crippen LogP) is -0.242. The van der Waals surface area contributed by atoms with Crippen LogP contribution >= 0.6 is 0 Å². The van der Waals surface area contributed by atoms with Crippen molar-refractivity contribution in [3.63, 3.8) is 0 Å². The lowest BCUT2D eigenvalue weighted by Gasteiger charge is -2.33. The molecule has 5 nitrogen and oxygen atoms in total. The first-order valence-electron chi connectivity index (χ1n) is 5.83. The minimum atomic E-state index is -3.15. The summed E-state index contributed by atoms with van der Waals surface area (Å²) in [5.41, 5.74) is 5.34. The summed E-state index contributed by atoms with van der Waals surface area (Å²) in [6, 6.07) is 0. The molecule has 2 atom stereocenters. The number of aliphatic hydroxyl groups excluding tert-OH is 1. The average molecular weight is 250 g/mol. The minimum Gasteiger partial charge on any atom is -0.393 e. The van der Waals surface area contributed by atoms with E-state index in [1.54, 1.807) is 0 Å². The lowest BCUT2D eigenvalue weighted by atomic mass is 9.99. The predicted molar refractivity (Wildman–Crippen MR) is 63.4 cm³/mol. The second-order valence-corrected chi connectivity index (χ2v) is 6.59. The van der Waals surface area contributed by atoms with Crippen molar-refractivity contribution in [2.45, 2.75) is 32.3 Å². The highest BCUT2D eigenvalue weighted by atomic mass is 32.2. The molecule has 96 valence electrons. The molecule has 0 bridgehead atoms. The van der Waals surface area contributed by atoms with E-state index < -0.39 is 10.0 Å². The number of hydrogen-bond donors (Lipinski definition) is 2. The molecular weight excluding hydrogens is 228 g/mol. The molecule has 6 heteroatoms. The van der Waals surface area contributed by atoms with Crippen LogP contribution in [0.4, 0.5) is 0 Å². The second kappa shape index (κ2) is 5.95. The Morgan fingerprint density at radius 3 is 2.69 bits per heavy atom. The summed E-state index contributed by atoms with van der Waals surface area (Å²) in [5.74, 6) is 0.200. The van der Waals surface area contributed by atoms with Gasteiger partial charge in [-0.2, -0.15) is 0 Å². The van der Waals surface area contributed by atoms with Crippen molar-refractivity contribution in [1.82, 2.24) is 4.31 Å². The fourth-order valence-electron chi connectivity index (χ4n) is 1.91. The Hall–Kier alpha value is -0.170. The summed E-state index contributed by atoms with van der Waals surface area (Å²) < 4.78 is 25.3. The SMILES string of the molecule is CC1CN(S(=O)(=O)CCCCN)CCC1O. The highest BCUT2D eigenvalue weighted by Gasteiger charge is 2.30. The summed E-state index contributed by atoms with van der Waals surface area (Å²) in [5, 5.41) is 9.54. The van der Waals surface area contributed by atoms with Gasteiger partial charge in [-0.05, 0) is 31.7 Å². The van der Waals surface area contributed by atoms with Crippen molar-refractivity contribution in [3.8, 4) is 0 Å². The van der Waals surface area contributed by atoms with Gasteiger partial charge in [-0.15, -0.1) is 0 Å². The van der Waals surface area contributed by atoms with Crippen molar-refractivity contribution in [3.05, 3.63) is 0 Å². The summed E-state index contributed by atoms with van der Waals surface area (Å²) >= 11 is 0. The lowest BCUT2D eigenvalue weighted by molar-refractivity contribution is 0.0628. The molecule has 0 saturated carbocycles. The molecule has 1 rings (SSSR count). The van der Waals surface area contributed by atoms with Gasteiger partial charge in [0.2, 0.25) is 10.0 Å². The number of sulfonamides is 1. The van der Waals surface area contributed by atoms with Crippen molar-refractivity contribution >= 4 is 10.0 Å². The van der Waals surface area contributed by atoms with E-state index in [9.17, 15) is 13.5 Å². The zero-order valence-electron chi connectivity index (χ0n) is 9.80. The van der Waals surface area contributed by atoms with E-state index in [2.05, 4.69) is 0 Å². The van der Waals surface area contributed by atoms with Crippen molar-refractivity contribution in [1.29, 1.82) is 0 Å². The monoisotopic (exact) mass is 250 g/mol. The van der Waals surface area contributed by atoms with Gasteiger partial charge in [0.1, 0.15) is 0 Å². The molecule has 1 heterocycles. The van der Waals surface area contributed by atoms with Crippen molar-refractivity contribution < 1.29 is 13.5 Å². The molecule has 0 radical (unpaired) electrons. The van der Waals surface area contributed by atoms with Gasteiger partial charge in [-0.25, -0.2) is 12.7 Å². The Morgan fingerprint density at radius 1 is 1.44 bits per heavy atom. The van der Waals surface area contributed by atoms with E-state index in [0.717, 1.165) is 6.42 Å². The van der Waals surface area contributed by atoms with Crippen LogP contribution in [-0.4, -0.2) is 49.3 Å². The minimum absolute atomic E-state index is 0.0260. The maximum absolute atomic E-state index is 11.9. The van der Waals surface area contributed by atoms with Gasteiger partial charge in [0.25, 0.3) is 0 Å². The van der Waals surface area contributed by atoms with E-state index in [1.165, 1.54) is 4.31 Å². The van der Waals surface area contributed by atoms with Crippen molar-refractivity contribution in [2.24, 2.45) is 11.7 Å². The number of unbranched alkanes of at least 4 members (excludes halogenated alkanes) is 1. The van der Waals surface area contributed by atoms with Gasteiger partial charge >= 0.3 is 0 Å². The molecule has 0 aromatic heterocycles. The van der Waals surface area contributed by atoms with E-state index >= 15 is 0 Å². The smallest absolute Gasteiger partial charge is 0.214 e. The zero-order chi connectivity index (χ0) is 12.2. The van der Waals surface area contributed by atoms with Gasteiger partial charge in [-0.3, -0.25) is 0 Å². The Kier molecular flexibility index (Phi) is 5.17. The van der Waals surface area contributed by atoms with Gasteiger partial charge in [0.15, 0.2) is 0 Å². The number of aliphatic hydroxyl groups is 1. The first-order chi connectivity index (χ1) is 7.47. The third kappa shape index (κ3) is 3.69. The van der Waals surface area contributed by atoms with E-state index in [0.29, 0.717) is 32.5 Å². The van der Waals surface area contributed by atoms with Crippen LogP contribution in [0.15, 0.2) is 0 Å². The molecule has 2 unspecified atom stereocenters. The van der Waals surface area contributed by atoms with E-state index in [4.69, 9.17) is 5.73 Å². The summed E-state index contributed by atoms with van der Waals surface area (Å²) in [4.78, 5) is 0. The average Bonchev–Trinajstić information content (AvgIpc) is 2.22.